The third-order valence-corrected chi connectivity index (χ3v) is 3.92. The van der Waals surface area contributed by atoms with E-state index >= 15 is 0 Å². The summed E-state index contributed by atoms with van der Waals surface area (Å²) < 4.78 is 5.04. The van der Waals surface area contributed by atoms with Gasteiger partial charge < -0.3 is 15.4 Å². The fraction of sp³-hybridized carbons (Fsp3) is 0.444. The van der Waals surface area contributed by atoms with Gasteiger partial charge in [-0.05, 0) is 56.4 Å². The molecule has 0 atom stereocenters. The van der Waals surface area contributed by atoms with Crippen LogP contribution in [0.5, 0.6) is 5.75 Å². The van der Waals surface area contributed by atoms with Crippen molar-refractivity contribution in [3.05, 3.63) is 41.5 Å². The molecule has 0 saturated heterocycles. The van der Waals surface area contributed by atoms with Gasteiger partial charge in [0, 0.05) is 12.1 Å². The van der Waals surface area contributed by atoms with Gasteiger partial charge >= 0.3 is 0 Å². The molecule has 0 saturated carbocycles. The molecule has 0 fully saturated rings. The lowest BCUT2D eigenvalue weighted by Crippen LogP contribution is -2.37. The number of hydrogen-bond acceptors (Lipinski definition) is 3. The van der Waals surface area contributed by atoms with Crippen LogP contribution in [0, 0.1) is 0 Å². The van der Waals surface area contributed by atoms with Crippen LogP contribution in [0.4, 0.5) is 0 Å². The standard InChI is InChI=1S/C18H24N2O3/c1-23-16-9-7-15(8-10-16)18(22)20-13-17(21)19-12-11-14-5-3-2-4-6-14/h5,7-10H,2-4,6,11-13H2,1H3,(H,19,21)(H,20,22). The van der Waals surface area contributed by atoms with Gasteiger partial charge in [0.25, 0.3) is 5.91 Å². The molecule has 2 amide bonds. The van der Waals surface area contributed by atoms with Crippen molar-refractivity contribution in [2.45, 2.75) is 32.1 Å². The molecule has 0 spiro atoms. The van der Waals surface area contributed by atoms with E-state index in [1.54, 1.807) is 31.4 Å². The van der Waals surface area contributed by atoms with E-state index in [2.05, 4.69) is 16.7 Å². The van der Waals surface area contributed by atoms with Crippen LogP contribution in [0.15, 0.2) is 35.9 Å². The summed E-state index contributed by atoms with van der Waals surface area (Å²) in [5.41, 5.74) is 1.93. The van der Waals surface area contributed by atoms with Crippen molar-refractivity contribution >= 4 is 11.8 Å². The summed E-state index contributed by atoms with van der Waals surface area (Å²) in [7, 11) is 1.57. The lowest BCUT2D eigenvalue weighted by molar-refractivity contribution is -0.120. The highest BCUT2D eigenvalue weighted by molar-refractivity contribution is 5.96. The third-order valence-electron chi connectivity index (χ3n) is 3.92. The molecule has 5 heteroatoms. The number of carbonyl (C=O) groups excluding carboxylic acids is 2. The second-order valence-corrected chi connectivity index (χ2v) is 5.62. The van der Waals surface area contributed by atoms with Crippen LogP contribution < -0.4 is 15.4 Å². The number of amides is 2. The highest BCUT2D eigenvalue weighted by atomic mass is 16.5. The summed E-state index contributed by atoms with van der Waals surface area (Å²) in [5, 5.41) is 5.46. The second kappa shape index (κ2) is 8.98. The van der Waals surface area contributed by atoms with Crippen LogP contribution >= 0.6 is 0 Å². The molecular weight excluding hydrogens is 292 g/mol. The van der Waals surface area contributed by atoms with Crippen LogP contribution in [0.3, 0.4) is 0 Å². The van der Waals surface area contributed by atoms with Crippen LogP contribution in [-0.4, -0.2) is 32.0 Å². The van der Waals surface area contributed by atoms with Crippen molar-refractivity contribution in [1.29, 1.82) is 0 Å². The quantitative estimate of drug-likeness (QED) is 0.759. The number of ether oxygens (including phenoxy) is 1. The molecule has 0 radical (unpaired) electrons. The number of carbonyl (C=O) groups is 2. The van der Waals surface area contributed by atoms with Gasteiger partial charge in [0.2, 0.25) is 5.91 Å². The molecule has 23 heavy (non-hydrogen) atoms. The zero-order valence-corrected chi connectivity index (χ0v) is 13.6. The average molecular weight is 316 g/mol. The van der Waals surface area contributed by atoms with Gasteiger partial charge in [0.05, 0.1) is 13.7 Å². The Morgan fingerprint density at radius 1 is 1.13 bits per heavy atom. The summed E-state index contributed by atoms with van der Waals surface area (Å²) in [5.74, 6) is 0.261. The first-order valence-electron chi connectivity index (χ1n) is 8.06. The van der Waals surface area contributed by atoms with Crippen LogP contribution in [0.1, 0.15) is 42.5 Å². The Morgan fingerprint density at radius 2 is 1.91 bits per heavy atom. The molecule has 1 aliphatic rings. The predicted octanol–water partition coefficient (Wildman–Crippen LogP) is 2.43. The largest absolute Gasteiger partial charge is 0.497 e. The minimum Gasteiger partial charge on any atom is -0.497 e. The molecule has 5 nitrogen and oxygen atoms in total. The summed E-state index contributed by atoms with van der Waals surface area (Å²) in [6.07, 6.45) is 8.00. The molecule has 2 rings (SSSR count). The Labute approximate surface area is 137 Å². The second-order valence-electron chi connectivity index (χ2n) is 5.62. The van der Waals surface area contributed by atoms with E-state index in [1.165, 1.54) is 18.4 Å². The van der Waals surface area contributed by atoms with Gasteiger partial charge in [-0.2, -0.15) is 0 Å². The van der Waals surface area contributed by atoms with Crippen molar-refractivity contribution in [3.63, 3.8) is 0 Å². The molecular formula is C18H24N2O3. The van der Waals surface area contributed by atoms with Crippen LogP contribution in [0.2, 0.25) is 0 Å². The Kier molecular flexibility index (Phi) is 6.66. The molecule has 0 aliphatic heterocycles. The maximum absolute atomic E-state index is 11.9. The molecule has 0 bridgehead atoms. The zero-order valence-electron chi connectivity index (χ0n) is 13.6. The Hall–Kier alpha value is -2.30. The zero-order chi connectivity index (χ0) is 16.5. The van der Waals surface area contributed by atoms with Crippen molar-refractivity contribution in [2.75, 3.05) is 20.2 Å². The molecule has 1 aromatic rings. The summed E-state index contributed by atoms with van der Waals surface area (Å²) in [6.45, 7) is 0.618. The van der Waals surface area contributed by atoms with Crippen molar-refractivity contribution in [1.82, 2.24) is 10.6 Å². The van der Waals surface area contributed by atoms with E-state index in [9.17, 15) is 9.59 Å². The summed E-state index contributed by atoms with van der Waals surface area (Å²) in [6, 6.07) is 6.77. The van der Waals surface area contributed by atoms with Gasteiger partial charge in [-0.1, -0.05) is 11.6 Å². The van der Waals surface area contributed by atoms with E-state index in [-0.39, 0.29) is 18.4 Å². The lowest BCUT2D eigenvalue weighted by atomic mass is 9.97. The molecule has 1 aliphatic carbocycles. The smallest absolute Gasteiger partial charge is 0.251 e. The van der Waals surface area contributed by atoms with Gasteiger partial charge in [-0.25, -0.2) is 0 Å². The molecule has 124 valence electrons. The first kappa shape index (κ1) is 17.1. The van der Waals surface area contributed by atoms with Crippen LogP contribution in [-0.2, 0) is 4.79 Å². The molecule has 0 unspecified atom stereocenters. The van der Waals surface area contributed by atoms with Crippen molar-refractivity contribution in [2.24, 2.45) is 0 Å². The molecule has 1 aromatic carbocycles. The summed E-state index contributed by atoms with van der Waals surface area (Å²) >= 11 is 0. The first-order valence-corrected chi connectivity index (χ1v) is 8.06. The monoisotopic (exact) mass is 316 g/mol. The highest BCUT2D eigenvalue weighted by Gasteiger charge is 2.09. The fourth-order valence-electron chi connectivity index (χ4n) is 2.56. The van der Waals surface area contributed by atoms with E-state index in [1.807, 2.05) is 0 Å². The van der Waals surface area contributed by atoms with Gasteiger partial charge in [0.1, 0.15) is 5.75 Å². The minimum atomic E-state index is -0.266. The highest BCUT2D eigenvalue weighted by Crippen LogP contribution is 2.19. The predicted molar refractivity (Wildman–Crippen MR) is 89.5 cm³/mol. The van der Waals surface area contributed by atoms with E-state index in [4.69, 9.17) is 4.74 Å². The topological polar surface area (TPSA) is 67.4 Å². The van der Waals surface area contributed by atoms with Crippen molar-refractivity contribution in [3.8, 4) is 5.75 Å². The maximum Gasteiger partial charge on any atom is 0.251 e. The SMILES string of the molecule is COc1ccc(C(=O)NCC(=O)NCCC2=CCCCC2)cc1. The summed E-state index contributed by atoms with van der Waals surface area (Å²) in [4.78, 5) is 23.7. The van der Waals surface area contributed by atoms with E-state index in [0.29, 0.717) is 17.9 Å². The van der Waals surface area contributed by atoms with Gasteiger partial charge in [-0.3, -0.25) is 9.59 Å². The number of methoxy groups -OCH3 is 1. The molecule has 0 aromatic heterocycles. The first-order chi connectivity index (χ1) is 11.2. The number of hydrogen-bond donors (Lipinski definition) is 2. The Morgan fingerprint density at radius 3 is 2.57 bits per heavy atom. The van der Waals surface area contributed by atoms with Crippen molar-refractivity contribution < 1.29 is 14.3 Å². The van der Waals surface area contributed by atoms with E-state index < -0.39 is 0 Å². The Balaban J connectivity index is 1.66. The number of nitrogens with one attached hydrogen (secondary N) is 2. The fourth-order valence-corrected chi connectivity index (χ4v) is 2.56. The normalized spacial score (nSPS) is 13.9. The maximum atomic E-state index is 11.9. The van der Waals surface area contributed by atoms with Gasteiger partial charge in [0.15, 0.2) is 0 Å². The Bertz CT molecular complexity index is 564. The number of allylic oxidation sites excluding steroid dienone is 1. The molecule has 0 heterocycles. The number of rotatable bonds is 7. The minimum absolute atomic E-state index is 0.0100. The molecule has 2 N–H and O–H groups in total. The van der Waals surface area contributed by atoms with Gasteiger partial charge in [-0.15, -0.1) is 0 Å². The lowest BCUT2D eigenvalue weighted by Gasteiger charge is -2.13. The van der Waals surface area contributed by atoms with Crippen LogP contribution in [0.25, 0.3) is 0 Å². The third kappa shape index (κ3) is 5.77. The van der Waals surface area contributed by atoms with E-state index in [0.717, 1.165) is 19.3 Å². The average Bonchev–Trinajstić information content (AvgIpc) is 2.60. The number of benzene rings is 1.